The maximum absolute atomic E-state index is 12.5. The summed E-state index contributed by atoms with van der Waals surface area (Å²) >= 11 is 0. The molecule has 0 aliphatic rings. The minimum atomic E-state index is -2.43. The molecule has 0 radical (unpaired) electrons. The molecule has 2 heterocycles. The molecule has 0 aliphatic carbocycles. The van der Waals surface area contributed by atoms with E-state index in [0.717, 1.165) is 5.56 Å². The lowest BCUT2D eigenvalue weighted by Gasteiger charge is -2.09. The predicted octanol–water partition coefficient (Wildman–Crippen LogP) is 5.65. The topological polar surface area (TPSA) is 87.3 Å². The Morgan fingerprint density at radius 1 is 1.00 bits per heavy atom. The lowest BCUT2D eigenvalue weighted by atomic mass is 10.1. The Kier molecular flexibility index (Phi) is 7.77. The monoisotopic (exact) mass is 479 g/mol. The van der Waals surface area contributed by atoms with E-state index in [1.165, 1.54) is 12.3 Å². The van der Waals surface area contributed by atoms with Gasteiger partial charge in [-0.1, -0.05) is 60.6 Å². The molecule has 0 saturated carbocycles. The quantitative estimate of drug-likeness (QED) is 0.272. The van der Waals surface area contributed by atoms with Gasteiger partial charge in [0.25, 0.3) is 0 Å². The van der Waals surface area contributed by atoms with E-state index in [4.69, 9.17) is 14.0 Å². The highest BCUT2D eigenvalue weighted by atomic mass is 19.3. The minimum Gasteiger partial charge on any atom is -0.461 e. The van der Waals surface area contributed by atoms with Gasteiger partial charge in [-0.05, 0) is 23.3 Å². The summed E-state index contributed by atoms with van der Waals surface area (Å²) in [6, 6.07) is 19.5. The number of esters is 1. The van der Waals surface area contributed by atoms with E-state index in [1.54, 1.807) is 37.3 Å². The molecule has 0 spiro atoms. The fourth-order valence-corrected chi connectivity index (χ4v) is 3.26. The SMILES string of the molecule is C[C@@H](Cc1nc(-c2cccc(Oc3ccc(CC(F)F)cn3)c2)no1)C(=O)OCc1ccccc1. The maximum Gasteiger partial charge on any atom is 0.309 e. The summed E-state index contributed by atoms with van der Waals surface area (Å²) in [5.74, 6) is 0.594. The second kappa shape index (κ2) is 11.3. The first-order valence-corrected chi connectivity index (χ1v) is 11.0. The number of alkyl halides is 2. The highest BCUT2D eigenvalue weighted by Crippen LogP contribution is 2.26. The van der Waals surface area contributed by atoms with Crippen LogP contribution in [0.1, 0.15) is 23.9 Å². The lowest BCUT2D eigenvalue weighted by Crippen LogP contribution is -2.17. The maximum atomic E-state index is 12.5. The molecule has 7 nitrogen and oxygen atoms in total. The molecule has 0 fully saturated rings. The molecule has 0 N–H and O–H groups in total. The van der Waals surface area contributed by atoms with Crippen LogP contribution in [0.2, 0.25) is 0 Å². The van der Waals surface area contributed by atoms with Gasteiger partial charge in [-0.15, -0.1) is 0 Å². The van der Waals surface area contributed by atoms with Crippen molar-refractivity contribution in [3.05, 3.63) is 89.9 Å². The smallest absolute Gasteiger partial charge is 0.309 e. The first-order chi connectivity index (χ1) is 17.0. The van der Waals surface area contributed by atoms with Crippen molar-refractivity contribution in [2.45, 2.75) is 32.8 Å². The van der Waals surface area contributed by atoms with Gasteiger partial charge in [0.05, 0.1) is 5.92 Å². The van der Waals surface area contributed by atoms with Crippen LogP contribution in [0, 0.1) is 5.92 Å². The van der Waals surface area contributed by atoms with Crippen LogP contribution in [-0.4, -0.2) is 27.5 Å². The molecule has 2 aromatic heterocycles. The average Bonchev–Trinajstić information content (AvgIpc) is 3.33. The Balaban J connectivity index is 1.35. The van der Waals surface area contributed by atoms with E-state index in [0.29, 0.717) is 28.6 Å². The predicted molar refractivity (Wildman–Crippen MR) is 123 cm³/mol. The summed E-state index contributed by atoms with van der Waals surface area (Å²) in [5, 5.41) is 4.00. The molecule has 0 saturated heterocycles. The molecule has 2 aromatic carbocycles. The zero-order chi connectivity index (χ0) is 24.6. The summed E-state index contributed by atoms with van der Waals surface area (Å²) in [6.45, 7) is 1.95. The third kappa shape index (κ3) is 6.92. The van der Waals surface area contributed by atoms with Gasteiger partial charge in [0.15, 0.2) is 0 Å². The van der Waals surface area contributed by atoms with Crippen LogP contribution in [0.25, 0.3) is 11.4 Å². The van der Waals surface area contributed by atoms with E-state index < -0.39 is 12.3 Å². The normalized spacial score (nSPS) is 11.9. The van der Waals surface area contributed by atoms with Gasteiger partial charge in [-0.2, -0.15) is 4.98 Å². The Morgan fingerprint density at radius 3 is 2.57 bits per heavy atom. The molecule has 180 valence electrons. The molecule has 0 amide bonds. The number of rotatable bonds is 10. The van der Waals surface area contributed by atoms with Crippen LogP contribution in [0.4, 0.5) is 8.78 Å². The zero-order valence-corrected chi connectivity index (χ0v) is 18.9. The molecular formula is C26H23F2N3O4. The second-order valence-electron chi connectivity index (χ2n) is 7.94. The number of ether oxygens (including phenoxy) is 2. The van der Waals surface area contributed by atoms with E-state index in [2.05, 4.69) is 15.1 Å². The van der Waals surface area contributed by atoms with Crippen molar-refractivity contribution in [2.75, 3.05) is 0 Å². The second-order valence-corrected chi connectivity index (χ2v) is 7.94. The Labute approximate surface area is 200 Å². The Bertz CT molecular complexity index is 1250. The number of hydrogen-bond donors (Lipinski definition) is 0. The summed E-state index contributed by atoms with van der Waals surface area (Å²) in [4.78, 5) is 20.8. The van der Waals surface area contributed by atoms with Crippen molar-refractivity contribution in [3.8, 4) is 23.0 Å². The number of carbonyl (C=O) groups is 1. The molecule has 1 atom stereocenters. The molecular weight excluding hydrogens is 456 g/mol. The molecule has 0 bridgehead atoms. The number of hydrogen-bond acceptors (Lipinski definition) is 7. The first kappa shape index (κ1) is 24.0. The zero-order valence-electron chi connectivity index (χ0n) is 18.9. The van der Waals surface area contributed by atoms with Gasteiger partial charge in [0.1, 0.15) is 12.4 Å². The van der Waals surface area contributed by atoms with E-state index in [-0.39, 0.29) is 31.3 Å². The standard InChI is InChI=1S/C26H23F2N3O4/c1-17(26(32)33-16-18-6-3-2-4-7-18)12-24-30-25(31-35-24)20-8-5-9-21(14-20)34-23-11-10-19(15-29-23)13-22(27)28/h2-11,14-15,17,22H,12-13,16H2,1H3/t17-/m0/s1. The fraction of sp³-hybridized carbons (Fsp3) is 0.231. The fourth-order valence-electron chi connectivity index (χ4n) is 3.26. The number of pyridine rings is 1. The van der Waals surface area contributed by atoms with E-state index in [9.17, 15) is 13.6 Å². The highest BCUT2D eigenvalue weighted by molar-refractivity contribution is 5.72. The number of nitrogens with zero attached hydrogens (tertiary/aromatic N) is 3. The van der Waals surface area contributed by atoms with Gasteiger partial charge in [-0.3, -0.25) is 4.79 Å². The van der Waals surface area contributed by atoms with Gasteiger partial charge in [-0.25, -0.2) is 13.8 Å². The summed E-state index contributed by atoms with van der Waals surface area (Å²) in [6.07, 6.45) is -1.18. The van der Waals surface area contributed by atoms with Crippen LogP contribution in [0.15, 0.2) is 77.4 Å². The van der Waals surface area contributed by atoms with Gasteiger partial charge in [0, 0.05) is 30.7 Å². The van der Waals surface area contributed by atoms with Gasteiger partial charge >= 0.3 is 5.97 Å². The third-order valence-electron chi connectivity index (χ3n) is 5.08. The van der Waals surface area contributed by atoms with Crippen molar-refractivity contribution in [2.24, 2.45) is 5.92 Å². The number of carbonyl (C=O) groups excluding carboxylic acids is 1. The van der Waals surface area contributed by atoms with Crippen molar-refractivity contribution in [1.29, 1.82) is 0 Å². The van der Waals surface area contributed by atoms with Crippen LogP contribution in [0.5, 0.6) is 11.6 Å². The molecule has 35 heavy (non-hydrogen) atoms. The third-order valence-corrected chi connectivity index (χ3v) is 5.08. The summed E-state index contributed by atoms with van der Waals surface area (Å²) in [7, 11) is 0. The van der Waals surface area contributed by atoms with Gasteiger partial charge < -0.3 is 14.0 Å². The molecule has 0 aliphatic heterocycles. The number of halogens is 2. The lowest BCUT2D eigenvalue weighted by molar-refractivity contribution is -0.149. The van der Waals surface area contributed by atoms with E-state index >= 15 is 0 Å². The highest BCUT2D eigenvalue weighted by Gasteiger charge is 2.20. The van der Waals surface area contributed by atoms with Crippen molar-refractivity contribution < 1.29 is 27.6 Å². The molecule has 9 heteroatoms. The molecule has 4 aromatic rings. The van der Waals surface area contributed by atoms with Crippen LogP contribution >= 0.6 is 0 Å². The van der Waals surface area contributed by atoms with Crippen molar-refractivity contribution in [1.82, 2.24) is 15.1 Å². The van der Waals surface area contributed by atoms with Crippen molar-refractivity contribution >= 4 is 5.97 Å². The minimum absolute atomic E-state index is 0.204. The van der Waals surface area contributed by atoms with Crippen LogP contribution in [0.3, 0.4) is 0 Å². The summed E-state index contributed by atoms with van der Waals surface area (Å²) in [5.41, 5.74) is 1.99. The van der Waals surface area contributed by atoms with Gasteiger partial charge in [0.2, 0.25) is 24.0 Å². The number of benzene rings is 2. The summed E-state index contributed by atoms with van der Waals surface area (Å²) < 4.78 is 41.4. The molecule has 4 rings (SSSR count). The molecule has 0 unspecified atom stereocenters. The van der Waals surface area contributed by atoms with Crippen LogP contribution in [-0.2, 0) is 29.0 Å². The number of aromatic nitrogens is 3. The first-order valence-electron chi connectivity index (χ1n) is 11.0. The largest absolute Gasteiger partial charge is 0.461 e. The van der Waals surface area contributed by atoms with Crippen molar-refractivity contribution in [3.63, 3.8) is 0 Å². The Morgan fingerprint density at radius 2 is 1.83 bits per heavy atom. The average molecular weight is 479 g/mol. The van der Waals surface area contributed by atoms with Crippen LogP contribution < -0.4 is 4.74 Å². The van der Waals surface area contributed by atoms with E-state index in [1.807, 2.05) is 30.3 Å². The Hall–Kier alpha value is -4.14.